The van der Waals surface area contributed by atoms with E-state index < -0.39 is 5.82 Å². The van der Waals surface area contributed by atoms with Crippen LogP contribution in [-0.2, 0) is 4.79 Å². The van der Waals surface area contributed by atoms with E-state index in [9.17, 15) is 9.18 Å². The Morgan fingerprint density at radius 1 is 1.20 bits per heavy atom. The normalized spacial score (nSPS) is 20.1. The summed E-state index contributed by atoms with van der Waals surface area (Å²) in [6, 6.07) is 11.7. The van der Waals surface area contributed by atoms with Crippen LogP contribution in [0.2, 0.25) is 5.02 Å². The van der Waals surface area contributed by atoms with Gasteiger partial charge in [0, 0.05) is 22.7 Å². The lowest BCUT2D eigenvalue weighted by atomic mass is 10.00. The van der Waals surface area contributed by atoms with Gasteiger partial charge in [-0.3, -0.25) is 9.79 Å². The summed E-state index contributed by atoms with van der Waals surface area (Å²) in [5.41, 5.74) is 1.09. The lowest BCUT2D eigenvalue weighted by Crippen LogP contribution is -2.47. The van der Waals surface area contributed by atoms with Gasteiger partial charge >= 0.3 is 0 Å². The zero-order valence-electron chi connectivity index (χ0n) is 13.6. The smallest absolute Gasteiger partial charge is 0.241 e. The van der Waals surface area contributed by atoms with Gasteiger partial charge in [-0.2, -0.15) is 0 Å². The minimum atomic E-state index is -0.495. The summed E-state index contributed by atoms with van der Waals surface area (Å²) in [6.07, 6.45) is 1.43. The van der Waals surface area contributed by atoms with Crippen molar-refractivity contribution in [1.82, 2.24) is 5.32 Å². The van der Waals surface area contributed by atoms with Gasteiger partial charge in [-0.1, -0.05) is 41.9 Å². The van der Waals surface area contributed by atoms with Crippen molar-refractivity contribution in [3.8, 4) is 11.1 Å². The van der Waals surface area contributed by atoms with Crippen molar-refractivity contribution in [3.63, 3.8) is 0 Å². The molecule has 1 aliphatic rings. The van der Waals surface area contributed by atoms with Gasteiger partial charge in [0.05, 0.1) is 17.8 Å². The second-order valence-corrected chi connectivity index (χ2v) is 6.42. The van der Waals surface area contributed by atoms with Crippen LogP contribution >= 0.6 is 11.6 Å². The van der Waals surface area contributed by atoms with Crippen molar-refractivity contribution >= 4 is 29.9 Å². The lowest BCUT2D eigenvalue weighted by Gasteiger charge is -2.26. The number of amides is 1. The average Bonchev–Trinajstić information content (AvgIpc) is 2.64. The van der Waals surface area contributed by atoms with E-state index in [0.29, 0.717) is 29.1 Å². The first-order valence-electron chi connectivity index (χ1n) is 8.13. The first kappa shape index (κ1) is 17.6. The SMILES string of the molecule is C=N[C@@H]1CC[C@@H](C(=O)Nc2cccc(-c3ccccc3Cl)c2F)NC1. The number of benzene rings is 2. The highest BCUT2D eigenvalue weighted by atomic mass is 35.5. The molecule has 0 saturated carbocycles. The van der Waals surface area contributed by atoms with Gasteiger partial charge in [-0.15, -0.1) is 0 Å². The van der Waals surface area contributed by atoms with Crippen LogP contribution in [0, 0.1) is 5.82 Å². The predicted molar refractivity (Wildman–Crippen MR) is 99.8 cm³/mol. The Morgan fingerprint density at radius 2 is 1.96 bits per heavy atom. The molecular weight excluding hydrogens is 341 g/mol. The van der Waals surface area contributed by atoms with Gasteiger partial charge in [-0.25, -0.2) is 4.39 Å². The largest absolute Gasteiger partial charge is 0.322 e. The summed E-state index contributed by atoms with van der Waals surface area (Å²) in [5, 5.41) is 6.26. The minimum absolute atomic E-state index is 0.129. The molecule has 1 fully saturated rings. The molecule has 2 N–H and O–H groups in total. The Bertz CT molecular complexity index is 788. The highest BCUT2D eigenvalue weighted by molar-refractivity contribution is 6.33. The fraction of sp³-hybridized carbons (Fsp3) is 0.263. The van der Waals surface area contributed by atoms with Gasteiger partial charge in [0.25, 0.3) is 0 Å². The first-order valence-corrected chi connectivity index (χ1v) is 8.51. The van der Waals surface area contributed by atoms with Crippen molar-refractivity contribution in [3.05, 3.63) is 53.3 Å². The van der Waals surface area contributed by atoms with Crippen LogP contribution in [0.5, 0.6) is 0 Å². The van der Waals surface area contributed by atoms with Crippen LogP contribution in [0.3, 0.4) is 0 Å². The van der Waals surface area contributed by atoms with Crippen molar-refractivity contribution < 1.29 is 9.18 Å². The average molecular weight is 360 g/mol. The number of rotatable bonds is 4. The molecule has 2 aromatic rings. The fourth-order valence-electron chi connectivity index (χ4n) is 2.96. The van der Waals surface area contributed by atoms with Crippen LogP contribution in [0.25, 0.3) is 11.1 Å². The molecule has 0 aliphatic carbocycles. The third kappa shape index (κ3) is 3.89. The van der Waals surface area contributed by atoms with E-state index in [2.05, 4.69) is 22.3 Å². The van der Waals surface area contributed by atoms with E-state index in [1.54, 1.807) is 42.5 Å². The molecule has 1 amide bonds. The number of carbonyl (C=O) groups excluding carboxylic acids is 1. The third-order valence-corrected chi connectivity index (χ3v) is 4.71. The number of piperidine rings is 1. The molecule has 130 valence electrons. The van der Waals surface area contributed by atoms with Gasteiger partial charge in [0.2, 0.25) is 5.91 Å². The molecule has 25 heavy (non-hydrogen) atoms. The summed E-state index contributed by atoms with van der Waals surface area (Å²) in [4.78, 5) is 16.4. The predicted octanol–water partition coefficient (Wildman–Crippen LogP) is 3.91. The molecule has 4 nitrogen and oxygen atoms in total. The second kappa shape index (κ2) is 7.76. The number of hydrogen-bond donors (Lipinski definition) is 2. The Kier molecular flexibility index (Phi) is 5.46. The maximum absolute atomic E-state index is 14.9. The molecule has 2 aromatic carbocycles. The summed E-state index contributed by atoms with van der Waals surface area (Å²) in [7, 11) is 0. The van der Waals surface area contributed by atoms with E-state index in [0.717, 1.165) is 6.42 Å². The van der Waals surface area contributed by atoms with E-state index in [4.69, 9.17) is 11.6 Å². The molecule has 0 aromatic heterocycles. The van der Waals surface area contributed by atoms with E-state index >= 15 is 0 Å². The number of hydrogen-bond acceptors (Lipinski definition) is 3. The van der Waals surface area contributed by atoms with Crippen molar-refractivity contribution in [2.75, 3.05) is 11.9 Å². The monoisotopic (exact) mass is 359 g/mol. The molecule has 0 spiro atoms. The molecular formula is C19H19ClFN3O. The zero-order valence-corrected chi connectivity index (χ0v) is 14.4. The fourth-order valence-corrected chi connectivity index (χ4v) is 3.19. The molecule has 1 heterocycles. The van der Waals surface area contributed by atoms with E-state index in [1.807, 2.05) is 0 Å². The van der Waals surface area contributed by atoms with E-state index in [1.165, 1.54) is 0 Å². The van der Waals surface area contributed by atoms with Gasteiger partial charge in [0.15, 0.2) is 5.82 Å². The van der Waals surface area contributed by atoms with Crippen molar-refractivity contribution in [1.29, 1.82) is 0 Å². The van der Waals surface area contributed by atoms with Crippen LogP contribution in [-0.4, -0.2) is 31.3 Å². The van der Waals surface area contributed by atoms with Crippen molar-refractivity contribution in [2.45, 2.75) is 24.9 Å². The maximum Gasteiger partial charge on any atom is 0.241 e. The second-order valence-electron chi connectivity index (χ2n) is 6.01. The summed E-state index contributed by atoms with van der Waals surface area (Å²) < 4.78 is 14.9. The number of carbonyl (C=O) groups is 1. The molecule has 1 saturated heterocycles. The maximum atomic E-state index is 14.9. The quantitative estimate of drug-likeness (QED) is 0.813. The summed E-state index contributed by atoms with van der Waals surface area (Å²) in [6.45, 7) is 4.13. The van der Waals surface area contributed by atoms with Crippen LogP contribution in [0.1, 0.15) is 12.8 Å². The van der Waals surface area contributed by atoms with Crippen molar-refractivity contribution in [2.24, 2.45) is 4.99 Å². The number of nitrogens with one attached hydrogen (secondary N) is 2. The Morgan fingerprint density at radius 3 is 2.64 bits per heavy atom. The first-order chi connectivity index (χ1) is 12.1. The topological polar surface area (TPSA) is 53.5 Å². The number of halogens is 2. The van der Waals surface area contributed by atoms with Gasteiger partial charge < -0.3 is 10.6 Å². The Balaban J connectivity index is 1.78. The van der Waals surface area contributed by atoms with Gasteiger partial charge in [-0.05, 0) is 31.7 Å². The highest BCUT2D eigenvalue weighted by Crippen LogP contribution is 2.32. The Hall–Kier alpha value is -2.24. The third-order valence-electron chi connectivity index (χ3n) is 4.38. The summed E-state index contributed by atoms with van der Waals surface area (Å²) >= 11 is 6.16. The molecule has 0 radical (unpaired) electrons. The number of anilines is 1. The summed E-state index contributed by atoms with van der Waals surface area (Å²) in [5.74, 6) is -0.747. The minimum Gasteiger partial charge on any atom is -0.322 e. The standard InChI is InChI=1S/C19H19ClFN3O/c1-22-12-9-10-17(23-11-12)19(25)24-16-8-4-6-14(18(16)21)13-5-2-3-7-15(13)20/h2-8,12,17,23H,1,9-11H2,(H,24,25)/t12-,17+/m1/s1. The van der Waals surface area contributed by atoms with Crippen LogP contribution in [0.4, 0.5) is 10.1 Å². The lowest BCUT2D eigenvalue weighted by molar-refractivity contribution is -0.118. The highest BCUT2D eigenvalue weighted by Gasteiger charge is 2.26. The number of nitrogens with zero attached hydrogens (tertiary/aromatic N) is 1. The molecule has 0 bridgehead atoms. The van der Waals surface area contributed by atoms with Crippen LogP contribution < -0.4 is 10.6 Å². The number of aliphatic imine (C=N–C) groups is 1. The zero-order chi connectivity index (χ0) is 17.8. The molecule has 3 rings (SSSR count). The molecule has 1 aliphatic heterocycles. The van der Waals surface area contributed by atoms with Gasteiger partial charge in [0.1, 0.15) is 0 Å². The molecule has 0 unspecified atom stereocenters. The van der Waals surface area contributed by atoms with Crippen LogP contribution in [0.15, 0.2) is 47.5 Å². The van der Waals surface area contributed by atoms with E-state index in [-0.39, 0.29) is 23.7 Å². The molecule has 6 heteroatoms. The molecule has 2 atom stereocenters. The Labute approximate surface area is 151 Å².